The molecule has 2 heterocycles. The normalized spacial score (nSPS) is 10.7. The van der Waals surface area contributed by atoms with Crippen LogP contribution in [0.15, 0.2) is 4.52 Å². The predicted molar refractivity (Wildman–Crippen MR) is 70.2 cm³/mol. The van der Waals surface area contributed by atoms with Crippen molar-refractivity contribution in [1.82, 2.24) is 9.53 Å². The molecule has 2 aromatic rings. The number of hydrogen-bond donors (Lipinski definition) is 1. The maximum absolute atomic E-state index is 11.5. The van der Waals surface area contributed by atoms with Crippen molar-refractivity contribution in [2.24, 2.45) is 0 Å². The lowest BCUT2D eigenvalue weighted by Gasteiger charge is -2.04. The van der Waals surface area contributed by atoms with E-state index < -0.39 is 0 Å². The van der Waals surface area contributed by atoms with E-state index in [-0.39, 0.29) is 5.78 Å². The largest absolute Gasteiger partial charge is 0.371 e. The third-order valence-electron chi connectivity index (χ3n) is 2.82. The van der Waals surface area contributed by atoms with Crippen molar-refractivity contribution in [3.05, 3.63) is 28.3 Å². The molecule has 0 atom stereocenters. The van der Waals surface area contributed by atoms with Crippen molar-refractivity contribution in [3.8, 4) is 0 Å². The number of nitrogens with one attached hydrogen (secondary N) is 1. The van der Waals surface area contributed by atoms with Crippen molar-refractivity contribution in [2.75, 3.05) is 5.32 Å². The summed E-state index contributed by atoms with van der Waals surface area (Å²) in [7, 11) is 0. The first-order valence-corrected chi connectivity index (χ1v) is 6.41. The fourth-order valence-electron chi connectivity index (χ4n) is 1.83. The predicted octanol–water partition coefficient (Wildman–Crippen LogP) is 2.87. The molecule has 96 valence electrons. The van der Waals surface area contributed by atoms with E-state index >= 15 is 0 Å². The van der Waals surface area contributed by atoms with Gasteiger partial charge in [0, 0.05) is 12.1 Å². The van der Waals surface area contributed by atoms with Crippen LogP contribution in [0.3, 0.4) is 0 Å². The van der Waals surface area contributed by atoms with Gasteiger partial charge >= 0.3 is 0 Å². The maximum Gasteiger partial charge on any atom is 0.164 e. The van der Waals surface area contributed by atoms with Gasteiger partial charge < -0.3 is 9.84 Å². The molecule has 0 aliphatic carbocycles. The average Bonchev–Trinajstić information content (AvgIpc) is 2.81. The average molecular weight is 265 g/mol. The SMILES string of the molecule is CC(=O)c1c(C)nsc1NCc1c(C)noc1C. The van der Waals surface area contributed by atoms with Crippen molar-refractivity contribution in [2.45, 2.75) is 34.2 Å². The highest BCUT2D eigenvalue weighted by atomic mass is 32.1. The number of nitrogens with zero attached hydrogens (tertiary/aromatic N) is 2. The monoisotopic (exact) mass is 265 g/mol. The van der Waals surface area contributed by atoms with Gasteiger partial charge in [0.15, 0.2) is 5.78 Å². The molecule has 2 rings (SSSR count). The fourth-order valence-corrected chi connectivity index (χ4v) is 2.67. The molecule has 18 heavy (non-hydrogen) atoms. The molecule has 0 unspecified atom stereocenters. The van der Waals surface area contributed by atoms with Crippen LogP contribution in [0.2, 0.25) is 0 Å². The molecule has 0 spiro atoms. The Morgan fingerprint density at radius 1 is 1.33 bits per heavy atom. The van der Waals surface area contributed by atoms with Crippen LogP contribution in [0, 0.1) is 20.8 Å². The molecule has 0 saturated heterocycles. The molecule has 0 radical (unpaired) electrons. The number of carbonyl (C=O) groups excluding carboxylic acids is 1. The third kappa shape index (κ3) is 2.28. The van der Waals surface area contributed by atoms with Gasteiger partial charge in [0.05, 0.1) is 17.0 Å². The smallest absolute Gasteiger partial charge is 0.164 e. The molecular formula is C12H15N3O2S. The minimum Gasteiger partial charge on any atom is -0.371 e. The zero-order valence-electron chi connectivity index (χ0n) is 10.8. The summed E-state index contributed by atoms with van der Waals surface area (Å²) >= 11 is 1.31. The molecule has 0 bridgehead atoms. The van der Waals surface area contributed by atoms with E-state index in [0.717, 1.165) is 27.7 Å². The number of ketones is 1. The van der Waals surface area contributed by atoms with Crippen LogP contribution < -0.4 is 5.32 Å². The van der Waals surface area contributed by atoms with Crippen LogP contribution in [0.1, 0.15) is 40.0 Å². The minimum absolute atomic E-state index is 0.0301. The summed E-state index contributed by atoms with van der Waals surface area (Å²) in [6.45, 7) is 7.76. The number of aromatic nitrogens is 2. The van der Waals surface area contributed by atoms with E-state index in [9.17, 15) is 4.79 Å². The van der Waals surface area contributed by atoms with Crippen LogP contribution in [-0.2, 0) is 6.54 Å². The molecule has 0 aliphatic heterocycles. The molecule has 0 fully saturated rings. The Balaban J connectivity index is 2.19. The third-order valence-corrected chi connectivity index (χ3v) is 3.72. The standard InChI is InChI=1S/C12H15N3O2S/c1-6-10(9(4)17-14-6)5-13-12-11(8(3)16)7(2)15-18-12/h13H,5H2,1-4H3. The van der Waals surface area contributed by atoms with E-state index in [4.69, 9.17) is 4.52 Å². The first-order chi connectivity index (χ1) is 8.50. The molecule has 0 saturated carbocycles. The first-order valence-electron chi connectivity index (χ1n) is 5.63. The highest BCUT2D eigenvalue weighted by molar-refractivity contribution is 7.10. The van der Waals surface area contributed by atoms with Crippen LogP contribution in [0.5, 0.6) is 0 Å². The lowest BCUT2D eigenvalue weighted by molar-refractivity contribution is 0.101. The van der Waals surface area contributed by atoms with Gasteiger partial charge in [-0.15, -0.1) is 0 Å². The van der Waals surface area contributed by atoms with E-state index in [0.29, 0.717) is 12.1 Å². The Labute approximate surface area is 109 Å². The van der Waals surface area contributed by atoms with Gasteiger partial charge in [-0.3, -0.25) is 4.79 Å². The molecule has 0 amide bonds. The highest BCUT2D eigenvalue weighted by Gasteiger charge is 2.16. The number of aryl methyl sites for hydroxylation is 3. The van der Waals surface area contributed by atoms with Gasteiger partial charge in [0.2, 0.25) is 0 Å². The van der Waals surface area contributed by atoms with Crippen molar-refractivity contribution < 1.29 is 9.32 Å². The Morgan fingerprint density at radius 3 is 2.61 bits per heavy atom. The molecule has 1 N–H and O–H groups in total. The zero-order chi connectivity index (χ0) is 13.3. The minimum atomic E-state index is 0.0301. The summed E-state index contributed by atoms with van der Waals surface area (Å²) < 4.78 is 9.30. The number of Topliss-reactive ketones (excluding diaryl/α,β-unsaturated/α-hetero) is 1. The second-order valence-electron chi connectivity index (χ2n) is 4.18. The number of anilines is 1. The Morgan fingerprint density at radius 2 is 2.06 bits per heavy atom. The lowest BCUT2D eigenvalue weighted by atomic mass is 10.1. The first kappa shape index (κ1) is 12.8. The van der Waals surface area contributed by atoms with E-state index in [1.54, 1.807) is 6.92 Å². The number of carbonyl (C=O) groups is 1. The van der Waals surface area contributed by atoms with Crippen molar-refractivity contribution >= 4 is 22.3 Å². The van der Waals surface area contributed by atoms with Gasteiger partial charge in [-0.05, 0) is 39.2 Å². The lowest BCUT2D eigenvalue weighted by Crippen LogP contribution is -2.04. The van der Waals surface area contributed by atoms with Crippen LogP contribution in [0.4, 0.5) is 5.00 Å². The van der Waals surface area contributed by atoms with Crippen molar-refractivity contribution in [3.63, 3.8) is 0 Å². The maximum atomic E-state index is 11.5. The Kier molecular flexibility index (Phi) is 3.47. The summed E-state index contributed by atoms with van der Waals surface area (Å²) in [5, 5.41) is 7.94. The topological polar surface area (TPSA) is 68.0 Å². The van der Waals surface area contributed by atoms with Gasteiger partial charge in [-0.2, -0.15) is 4.37 Å². The molecule has 2 aromatic heterocycles. The van der Waals surface area contributed by atoms with Gasteiger partial charge in [0.25, 0.3) is 0 Å². The fraction of sp³-hybridized carbons (Fsp3) is 0.417. The zero-order valence-corrected chi connectivity index (χ0v) is 11.6. The summed E-state index contributed by atoms with van der Waals surface area (Å²) in [4.78, 5) is 11.5. The molecule has 6 heteroatoms. The van der Waals surface area contributed by atoms with Crippen LogP contribution >= 0.6 is 11.5 Å². The van der Waals surface area contributed by atoms with E-state index in [1.165, 1.54) is 11.5 Å². The highest BCUT2D eigenvalue weighted by Crippen LogP contribution is 2.26. The van der Waals surface area contributed by atoms with Gasteiger partial charge in [-0.25, -0.2) is 0 Å². The molecule has 0 aliphatic rings. The summed E-state index contributed by atoms with van der Waals surface area (Å²) in [6.07, 6.45) is 0. The summed E-state index contributed by atoms with van der Waals surface area (Å²) in [5.41, 5.74) is 3.33. The van der Waals surface area contributed by atoms with Crippen LogP contribution in [-0.4, -0.2) is 15.3 Å². The van der Waals surface area contributed by atoms with Crippen LogP contribution in [0.25, 0.3) is 0 Å². The van der Waals surface area contributed by atoms with E-state index in [2.05, 4.69) is 14.8 Å². The van der Waals surface area contributed by atoms with Gasteiger partial charge in [-0.1, -0.05) is 5.16 Å². The summed E-state index contributed by atoms with van der Waals surface area (Å²) in [5.74, 6) is 0.827. The number of hydrogen-bond acceptors (Lipinski definition) is 6. The van der Waals surface area contributed by atoms with Crippen molar-refractivity contribution in [1.29, 1.82) is 0 Å². The van der Waals surface area contributed by atoms with Gasteiger partial charge in [0.1, 0.15) is 10.8 Å². The summed E-state index contributed by atoms with van der Waals surface area (Å²) in [6, 6.07) is 0. The molecular weight excluding hydrogens is 250 g/mol. The molecule has 5 nitrogen and oxygen atoms in total. The quantitative estimate of drug-likeness (QED) is 0.861. The Hall–Kier alpha value is -1.69. The Bertz CT molecular complexity index is 567. The van der Waals surface area contributed by atoms with E-state index in [1.807, 2.05) is 20.8 Å². The second-order valence-corrected chi connectivity index (χ2v) is 4.96. The number of rotatable bonds is 4. The molecule has 0 aromatic carbocycles. The second kappa shape index (κ2) is 4.89.